The predicted molar refractivity (Wildman–Crippen MR) is 96.1 cm³/mol. The van der Waals surface area contributed by atoms with Gasteiger partial charge in [-0.3, -0.25) is 0 Å². The standard InChI is InChI=1S/C19H36N2O/c1-16-15-19(22-14-7-6-13-21(4)5)10-8-9-18(17(16)2)11-12-20-3/h10,16,20H,6-9,11-15H2,1-5H3/b18-17+,19-10?. The van der Waals surface area contributed by atoms with Crippen molar-refractivity contribution in [3.63, 3.8) is 0 Å². The second-order valence-corrected chi connectivity index (χ2v) is 6.81. The summed E-state index contributed by atoms with van der Waals surface area (Å²) in [5.74, 6) is 1.81. The highest BCUT2D eigenvalue weighted by atomic mass is 16.5. The highest BCUT2D eigenvalue weighted by Crippen LogP contribution is 2.29. The largest absolute Gasteiger partial charge is 0.498 e. The van der Waals surface area contributed by atoms with Gasteiger partial charge in [0.1, 0.15) is 0 Å². The van der Waals surface area contributed by atoms with Gasteiger partial charge in [-0.1, -0.05) is 18.1 Å². The second kappa shape index (κ2) is 10.8. The summed E-state index contributed by atoms with van der Waals surface area (Å²) in [4.78, 5) is 2.23. The lowest BCUT2D eigenvalue weighted by molar-refractivity contribution is 0.185. The molecule has 0 bridgehead atoms. The van der Waals surface area contributed by atoms with Gasteiger partial charge < -0.3 is 15.0 Å². The first-order valence-corrected chi connectivity index (χ1v) is 8.84. The van der Waals surface area contributed by atoms with Crippen molar-refractivity contribution in [2.24, 2.45) is 5.92 Å². The Morgan fingerprint density at radius 2 is 2.09 bits per heavy atom. The van der Waals surface area contributed by atoms with E-state index in [2.05, 4.69) is 44.2 Å². The number of nitrogens with one attached hydrogen (secondary N) is 1. The average Bonchev–Trinajstić information content (AvgIpc) is 2.47. The molecule has 0 aromatic heterocycles. The van der Waals surface area contributed by atoms with Crippen molar-refractivity contribution in [2.75, 3.05) is 40.8 Å². The monoisotopic (exact) mass is 308 g/mol. The maximum Gasteiger partial charge on any atom is 0.0925 e. The van der Waals surface area contributed by atoms with Crippen LogP contribution in [-0.4, -0.2) is 45.7 Å². The fourth-order valence-electron chi connectivity index (χ4n) is 2.94. The molecule has 0 aromatic carbocycles. The minimum atomic E-state index is 0.597. The number of allylic oxidation sites excluding steroid dienone is 3. The summed E-state index contributed by atoms with van der Waals surface area (Å²) < 4.78 is 6.04. The summed E-state index contributed by atoms with van der Waals surface area (Å²) in [5.41, 5.74) is 3.22. The van der Waals surface area contributed by atoms with Crippen LogP contribution < -0.4 is 5.32 Å². The molecule has 3 nitrogen and oxygen atoms in total. The highest BCUT2D eigenvalue weighted by Gasteiger charge is 2.15. The summed E-state index contributed by atoms with van der Waals surface area (Å²) in [6.07, 6.45) is 9.23. The number of nitrogens with zero attached hydrogens (tertiary/aromatic N) is 1. The van der Waals surface area contributed by atoms with Gasteiger partial charge in [0.2, 0.25) is 0 Å². The van der Waals surface area contributed by atoms with Crippen molar-refractivity contribution in [3.8, 4) is 0 Å². The summed E-state index contributed by atoms with van der Waals surface area (Å²) >= 11 is 0. The first kappa shape index (κ1) is 19.2. The van der Waals surface area contributed by atoms with E-state index in [9.17, 15) is 0 Å². The van der Waals surface area contributed by atoms with Gasteiger partial charge in [0.25, 0.3) is 0 Å². The van der Waals surface area contributed by atoms with E-state index < -0.39 is 0 Å². The SMILES string of the molecule is CNCC/C1=C(\C)C(C)CC(OCCCCN(C)C)=CCC1. The quantitative estimate of drug-likeness (QED) is 0.515. The van der Waals surface area contributed by atoms with Crippen molar-refractivity contribution < 1.29 is 4.74 Å². The molecule has 1 atom stereocenters. The first-order valence-electron chi connectivity index (χ1n) is 8.84. The zero-order valence-electron chi connectivity index (χ0n) is 15.4. The summed E-state index contributed by atoms with van der Waals surface area (Å²) in [6.45, 7) is 7.74. The number of unbranched alkanes of at least 4 members (excludes halogenated alkanes) is 1. The van der Waals surface area contributed by atoms with Crippen LogP contribution in [0.3, 0.4) is 0 Å². The van der Waals surface area contributed by atoms with Crippen molar-refractivity contribution >= 4 is 0 Å². The number of hydrogen-bond donors (Lipinski definition) is 1. The molecule has 0 heterocycles. The average molecular weight is 309 g/mol. The van der Waals surface area contributed by atoms with E-state index in [1.54, 1.807) is 11.1 Å². The summed E-state index contributed by atoms with van der Waals surface area (Å²) in [7, 11) is 6.28. The van der Waals surface area contributed by atoms with Crippen molar-refractivity contribution in [3.05, 3.63) is 23.0 Å². The first-order chi connectivity index (χ1) is 10.5. The highest BCUT2D eigenvalue weighted by molar-refractivity contribution is 5.19. The molecule has 1 aliphatic rings. The lowest BCUT2D eigenvalue weighted by Gasteiger charge is -2.23. The van der Waals surface area contributed by atoms with Gasteiger partial charge in [0.05, 0.1) is 12.4 Å². The minimum Gasteiger partial charge on any atom is -0.498 e. The molecule has 1 aliphatic carbocycles. The zero-order valence-corrected chi connectivity index (χ0v) is 15.4. The van der Waals surface area contributed by atoms with Gasteiger partial charge in [-0.05, 0) is 85.3 Å². The third-order valence-electron chi connectivity index (χ3n) is 4.59. The summed E-state index contributed by atoms with van der Waals surface area (Å²) in [5, 5.41) is 3.27. The fourth-order valence-corrected chi connectivity index (χ4v) is 2.94. The zero-order chi connectivity index (χ0) is 16.4. The van der Waals surface area contributed by atoms with Gasteiger partial charge in [0, 0.05) is 6.42 Å². The number of rotatable bonds is 9. The van der Waals surface area contributed by atoms with Crippen LogP contribution in [0.2, 0.25) is 0 Å². The number of hydrogen-bond acceptors (Lipinski definition) is 3. The molecular weight excluding hydrogens is 272 g/mol. The van der Waals surface area contributed by atoms with E-state index in [0.717, 1.165) is 39.0 Å². The molecule has 0 aromatic rings. The van der Waals surface area contributed by atoms with Crippen LogP contribution in [0.1, 0.15) is 52.4 Å². The molecule has 3 heteroatoms. The van der Waals surface area contributed by atoms with Gasteiger partial charge in [0.15, 0.2) is 0 Å². The van der Waals surface area contributed by atoms with Crippen molar-refractivity contribution in [1.82, 2.24) is 10.2 Å². The molecule has 0 fully saturated rings. The molecule has 0 saturated heterocycles. The van der Waals surface area contributed by atoms with E-state index in [-0.39, 0.29) is 0 Å². The van der Waals surface area contributed by atoms with Gasteiger partial charge >= 0.3 is 0 Å². The molecule has 0 aliphatic heterocycles. The lowest BCUT2D eigenvalue weighted by Crippen LogP contribution is -2.14. The lowest BCUT2D eigenvalue weighted by atomic mass is 9.88. The molecule has 1 rings (SSSR count). The minimum absolute atomic E-state index is 0.597. The van der Waals surface area contributed by atoms with Gasteiger partial charge in [-0.25, -0.2) is 0 Å². The maximum atomic E-state index is 6.04. The van der Waals surface area contributed by atoms with Crippen LogP contribution in [0.25, 0.3) is 0 Å². The van der Waals surface area contributed by atoms with Crippen molar-refractivity contribution in [2.45, 2.75) is 52.4 Å². The molecule has 1 unspecified atom stereocenters. The Labute approximate surface area is 137 Å². The molecule has 128 valence electrons. The van der Waals surface area contributed by atoms with Crippen LogP contribution >= 0.6 is 0 Å². The van der Waals surface area contributed by atoms with E-state index in [4.69, 9.17) is 4.74 Å². The Kier molecular flexibility index (Phi) is 9.49. The van der Waals surface area contributed by atoms with Crippen LogP contribution in [0.4, 0.5) is 0 Å². The van der Waals surface area contributed by atoms with E-state index in [1.165, 1.54) is 25.0 Å². The predicted octanol–water partition coefficient (Wildman–Crippen LogP) is 3.97. The van der Waals surface area contributed by atoms with Crippen LogP contribution in [-0.2, 0) is 4.74 Å². The Morgan fingerprint density at radius 1 is 1.32 bits per heavy atom. The Balaban J connectivity index is 2.41. The smallest absolute Gasteiger partial charge is 0.0925 e. The molecule has 0 saturated carbocycles. The Hall–Kier alpha value is -0.800. The Morgan fingerprint density at radius 3 is 2.77 bits per heavy atom. The molecular formula is C19H36N2O. The topological polar surface area (TPSA) is 24.5 Å². The Bertz CT molecular complexity index is 372. The maximum absolute atomic E-state index is 6.04. The molecule has 22 heavy (non-hydrogen) atoms. The van der Waals surface area contributed by atoms with Crippen molar-refractivity contribution in [1.29, 1.82) is 0 Å². The second-order valence-electron chi connectivity index (χ2n) is 6.81. The van der Waals surface area contributed by atoms with E-state index >= 15 is 0 Å². The third kappa shape index (κ3) is 7.46. The number of ether oxygens (including phenoxy) is 1. The molecule has 1 N–H and O–H groups in total. The van der Waals surface area contributed by atoms with Gasteiger partial charge in [-0.15, -0.1) is 0 Å². The van der Waals surface area contributed by atoms with Gasteiger partial charge in [-0.2, -0.15) is 0 Å². The van der Waals surface area contributed by atoms with Crippen LogP contribution in [0, 0.1) is 5.92 Å². The molecule has 0 radical (unpaired) electrons. The van der Waals surface area contributed by atoms with E-state index in [1.807, 2.05) is 7.05 Å². The van der Waals surface area contributed by atoms with Crippen LogP contribution in [0.5, 0.6) is 0 Å². The van der Waals surface area contributed by atoms with Crippen LogP contribution in [0.15, 0.2) is 23.0 Å². The normalized spacial score (nSPS) is 23.2. The third-order valence-corrected chi connectivity index (χ3v) is 4.59. The summed E-state index contributed by atoms with van der Waals surface area (Å²) in [6, 6.07) is 0. The fraction of sp³-hybridized carbons (Fsp3) is 0.789. The molecule has 0 amide bonds. The van der Waals surface area contributed by atoms with E-state index in [0.29, 0.717) is 5.92 Å². The molecule has 0 spiro atoms.